The average molecular weight is 1490 g/mol. The van der Waals surface area contributed by atoms with Crippen LogP contribution in [0.25, 0.3) is 33.4 Å². The zero-order valence-electron chi connectivity index (χ0n) is 59.9. The maximum atomic E-state index is 14.9. The van der Waals surface area contributed by atoms with E-state index in [2.05, 4.69) is 21.3 Å². The second-order valence-electron chi connectivity index (χ2n) is 27.9. The van der Waals surface area contributed by atoms with Crippen LogP contribution in [0.4, 0.5) is 0 Å². The Morgan fingerprint density at radius 1 is 0.745 bits per heavy atom. The Morgan fingerprint density at radius 3 is 2.14 bits per heavy atom. The van der Waals surface area contributed by atoms with Crippen molar-refractivity contribution in [1.82, 2.24) is 26.2 Å². The summed E-state index contributed by atoms with van der Waals surface area (Å²) in [6.07, 6.45) is -3.23. The predicted molar refractivity (Wildman–Crippen MR) is 397 cm³/mol. The number of hydrogen-bond donors (Lipinski definition) is 8. The molecule has 0 radical (unpaired) electrons. The van der Waals surface area contributed by atoms with Gasteiger partial charge in [-0.05, 0) is 116 Å². The van der Waals surface area contributed by atoms with Crippen LogP contribution in [-0.2, 0) is 75.5 Å². The Balaban J connectivity index is 0.965. The number of fused-ring (bicyclic) bond motifs is 4. The van der Waals surface area contributed by atoms with Gasteiger partial charge in [-0.25, -0.2) is 0 Å². The van der Waals surface area contributed by atoms with Gasteiger partial charge in [0.15, 0.2) is 34.3 Å². The lowest BCUT2D eigenvalue weighted by molar-refractivity contribution is -0.143. The van der Waals surface area contributed by atoms with Gasteiger partial charge in [0, 0.05) is 138 Å². The first-order valence-corrected chi connectivity index (χ1v) is 37.9. The molecule has 564 valence electrons. The first-order chi connectivity index (χ1) is 50.6. The van der Waals surface area contributed by atoms with Crippen LogP contribution in [0.1, 0.15) is 145 Å². The number of Topliss-reactive ketones (excluding diaryl/α,β-unsaturated/α-hetero) is 5. The van der Waals surface area contributed by atoms with Crippen molar-refractivity contribution >= 4 is 111 Å². The zero-order chi connectivity index (χ0) is 76.9. The Hall–Kier alpha value is -10.0. The first kappa shape index (κ1) is 81.6. The molecule has 27 heteroatoms. The molecular weight excluding hydrogens is 1400 g/mol. The summed E-state index contributed by atoms with van der Waals surface area (Å²) in [6, 6.07) is 22.5. The number of nitrogens with zero attached hydrogens (tertiary/aromatic N) is 1. The first-order valence-electron chi connectivity index (χ1n) is 35.6. The number of carbonyl (C=O) groups is 13. The highest BCUT2D eigenvalue weighted by atomic mass is 32.2. The number of aromatic hydroxyl groups is 2. The topological polar surface area (TPSA) is 394 Å². The van der Waals surface area contributed by atoms with Gasteiger partial charge in [-0.3, -0.25) is 67.1 Å². The van der Waals surface area contributed by atoms with Crippen molar-refractivity contribution in [3.63, 3.8) is 0 Å². The van der Waals surface area contributed by atoms with E-state index in [-0.39, 0.29) is 103 Å². The third-order valence-corrected chi connectivity index (χ3v) is 21.6. The molecule has 106 heavy (non-hydrogen) atoms. The summed E-state index contributed by atoms with van der Waals surface area (Å²) in [6.45, 7) is 8.72. The van der Waals surface area contributed by atoms with E-state index in [1.807, 2.05) is 45.0 Å². The number of thioether (sulfide) groups is 2. The quantitative estimate of drug-likeness (QED) is 0.0129. The number of aliphatic carboxylic acids is 2. The zero-order valence-corrected chi connectivity index (χ0v) is 61.5. The van der Waals surface area contributed by atoms with Gasteiger partial charge in [-0.1, -0.05) is 76.6 Å². The maximum absolute atomic E-state index is 14.9. The van der Waals surface area contributed by atoms with Crippen LogP contribution in [0, 0.1) is 35.5 Å². The SMILES string of the molecule is CC[C@H](C)C1CC(=O)[C@@H](NC(=O)C(CCC(=O)O)CC(=O)[C@@H]2CCCN2C(=O)[C@@H](CC(=O)CNC(=O)CCC(=O)c2ccc(-c3c4ccc(=O)cc-4oc4cc(O)ccc34)c(OC=O)c2)Cc2ccc(O)cc2)CSCc2cccc(c2)CSC[C@@H](C)NC(=O)[C@H](CC(=O)O)CC(=O)[C@H](CC(C)C)NC1=O. The van der Waals surface area contributed by atoms with Crippen LogP contribution < -0.4 is 31.4 Å². The van der Waals surface area contributed by atoms with E-state index in [0.29, 0.717) is 57.7 Å². The van der Waals surface area contributed by atoms with Crippen LogP contribution in [0.5, 0.6) is 17.2 Å². The van der Waals surface area contributed by atoms with E-state index < -0.39 is 169 Å². The van der Waals surface area contributed by atoms with Crippen molar-refractivity contribution in [2.75, 3.05) is 24.6 Å². The van der Waals surface area contributed by atoms with E-state index in [0.717, 1.165) is 11.1 Å². The molecule has 4 aromatic rings. The summed E-state index contributed by atoms with van der Waals surface area (Å²) in [5.41, 5.74) is 3.57. The molecular formula is C79H91N5O20S2. The molecule has 25 nitrogen and oxygen atoms in total. The number of phenols is 2. The number of ether oxygens (including phenoxy) is 1. The molecule has 1 saturated heterocycles. The third kappa shape index (κ3) is 23.2. The van der Waals surface area contributed by atoms with Gasteiger partial charge in [0.25, 0.3) is 6.47 Å². The number of nitrogens with one attached hydrogen (secondary N) is 4. The second kappa shape index (κ2) is 38.8. The molecule has 2 bridgehead atoms. The number of benzene rings is 5. The summed E-state index contributed by atoms with van der Waals surface area (Å²) in [5.74, 6) is -12.9. The third-order valence-electron chi connectivity index (χ3n) is 19.2. The monoisotopic (exact) mass is 1490 g/mol. The lowest BCUT2D eigenvalue weighted by Crippen LogP contribution is -2.50. The fraction of sp³-hybridized carbons (Fsp3) is 0.443. The Morgan fingerprint density at radius 2 is 1.45 bits per heavy atom. The molecule has 8 N–H and O–H groups in total. The van der Waals surface area contributed by atoms with Crippen molar-refractivity contribution in [3.05, 3.63) is 136 Å². The van der Waals surface area contributed by atoms with Crippen molar-refractivity contribution < 1.29 is 91.9 Å². The summed E-state index contributed by atoms with van der Waals surface area (Å²) in [4.78, 5) is 193. The van der Waals surface area contributed by atoms with Gasteiger partial charge in [0.1, 0.15) is 28.6 Å². The highest BCUT2D eigenvalue weighted by Crippen LogP contribution is 2.44. The van der Waals surface area contributed by atoms with Crippen molar-refractivity contribution in [2.45, 2.75) is 160 Å². The Kier molecular flexibility index (Phi) is 29.9. The lowest BCUT2D eigenvalue weighted by Gasteiger charge is -2.30. The Bertz CT molecular complexity index is 4270. The van der Waals surface area contributed by atoms with Gasteiger partial charge in [0.2, 0.25) is 29.5 Å². The number of rotatable bonds is 28. The number of carboxylic acid groups (broad SMARTS) is 2. The van der Waals surface area contributed by atoms with Gasteiger partial charge in [0.05, 0.1) is 37.0 Å². The number of amides is 5. The van der Waals surface area contributed by atoms with Crippen molar-refractivity contribution in [1.29, 1.82) is 0 Å². The molecule has 0 aromatic heterocycles. The highest BCUT2D eigenvalue weighted by molar-refractivity contribution is 7.98. The number of hydrogen-bond acceptors (Lipinski definition) is 20. The summed E-state index contributed by atoms with van der Waals surface area (Å²) in [7, 11) is 0. The van der Waals surface area contributed by atoms with Gasteiger partial charge in [-0.15, -0.1) is 0 Å². The predicted octanol–water partition coefficient (Wildman–Crippen LogP) is 9.21. The molecule has 0 saturated carbocycles. The molecule has 3 aliphatic heterocycles. The van der Waals surface area contributed by atoms with E-state index >= 15 is 0 Å². The maximum Gasteiger partial charge on any atom is 0.304 e. The minimum Gasteiger partial charge on any atom is -0.508 e. The number of phenolic OH excluding ortho intramolecular Hbond substituents is 2. The normalized spacial score (nSPS) is 19.5. The van der Waals surface area contributed by atoms with Crippen molar-refractivity contribution in [3.8, 4) is 39.7 Å². The van der Waals surface area contributed by atoms with Crippen LogP contribution in [0.15, 0.2) is 112 Å². The fourth-order valence-electron chi connectivity index (χ4n) is 13.4. The minimum absolute atomic E-state index is 0.0205. The van der Waals surface area contributed by atoms with E-state index in [9.17, 15) is 87.5 Å². The summed E-state index contributed by atoms with van der Waals surface area (Å²) >= 11 is 2.85. The molecule has 2 unspecified atom stereocenters. The molecule has 1 fully saturated rings. The summed E-state index contributed by atoms with van der Waals surface area (Å²) in [5, 5.41) is 51.7. The highest BCUT2D eigenvalue weighted by Gasteiger charge is 2.41. The number of ketones is 5. The van der Waals surface area contributed by atoms with E-state index in [4.69, 9.17) is 9.15 Å². The van der Waals surface area contributed by atoms with Crippen LogP contribution >= 0.6 is 23.5 Å². The van der Waals surface area contributed by atoms with Gasteiger partial charge >= 0.3 is 11.9 Å². The van der Waals surface area contributed by atoms with Crippen LogP contribution in [0.2, 0.25) is 0 Å². The largest absolute Gasteiger partial charge is 0.508 e. The fourth-order valence-corrected chi connectivity index (χ4v) is 15.4. The molecule has 1 aliphatic carbocycles. The van der Waals surface area contributed by atoms with E-state index in [1.54, 1.807) is 32.0 Å². The van der Waals surface area contributed by atoms with Crippen LogP contribution in [-0.4, -0.2) is 151 Å². The number of carboxylic acids is 2. The summed E-state index contributed by atoms with van der Waals surface area (Å²) < 4.78 is 11.3. The molecule has 9 atom stereocenters. The number of likely N-dealkylation sites (tertiary alicyclic amines) is 1. The van der Waals surface area contributed by atoms with Crippen LogP contribution in [0.3, 0.4) is 0 Å². The minimum atomic E-state index is -1.34. The molecule has 4 aromatic carbocycles. The molecule has 3 heterocycles. The molecule has 5 amide bonds. The van der Waals surface area contributed by atoms with Crippen molar-refractivity contribution in [2.24, 2.45) is 35.5 Å². The molecule has 4 aliphatic rings. The standard InChI is InChI=1S/C79H91N5O20S2/c1-6-45(4)61-37-67(92)63(42-106-41-49-10-7-9-48(28-49)40-105-39-46(5)81-77(100)52(34-74(97)98)32-66(91)62(27-44(2)3)82-78(61)101)83-76(99)51(15-25-73(95)96)31-68(93)64-11-8-26-84(64)79(102)53(29-47-12-16-54(86)17-13-47)30-57(89)38-80-72(94)24-23-65(90)50-14-20-58(69(33-50)103-43-85)75-59-21-18-55(87)35-70(59)104-71-36-56(88)19-22-60(71)75/h7,9-10,12-14,16-22,28,33,35-36,43-46,51-53,61-64,86-87H,6,8,11,15,23-27,29-32,34,37-42H2,1-5H3,(H,80,94)(H,81,100)(H,82,101)(H,83,99)(H,95,96)(H,97,98)/t45-,46+,51?,52-,53+,61?,62-,63-,64-/m0/s1. The molecule has 0 spiro atoms. The van der Waals surface area contributed by atoms with Gasteiger partial charge in [-0.2, -0.15) is 23.5 Å². The van der Waals surface area contributed by atoms with E-state index in [1.165, 1.54) is 89.1 Å². The van der Waals surface area contributed by atoms with Gasteiger partial charge < -0.3 is 55.7 Å². The smallest absolute Gasteiger partial charge is 0.304 e. The molecule has 8 rings (SSSR count). The lowest BCUT2D eigenvalue weighted by atomic mass is 9.84. The average Bonchev–Trinajstić information content (AvgIpc) is 0.934. The Labute approximate surface area is 621 Å². The number of carbonyl (C=O) groups excluding carboxylic acids is 11. The second-order valence-corrected chi connectivity index (χ2v) is 29.9.